The molecular formula is C10H13ClN2O. The van der Waals surface area contributed by atoms with E-state index in [0.717, 1.165) is 5.56 Å². The number of hydrogen-bond donors (Lipinski definition) is 1. The summed E-state index contributed by atoms with van der Waals surface area (Å²) in [6.07, 6.45) is 3.51. The van der Waals surface area contributed by atoms with Crippen molar-refractivity contribution in [2.45, 2.75) is 19.3 Å². The zero-order chi connectivity index (χ0) is 10.6. The molecule has 0 saturated heterocycles. The highest BCUT2D eigenvalue weighted by Gasteiger charge is 2.20. The molecule has 0 bridgehead atoms. The maximum atomic E-state index is 10.6. The van der Waals surface area contributed by atoms with Crippen LogP contribution in [-0.2, 0) is 5.41 Å². The molecule has 0 aliphatic heterocycles. The summed E-state index contributed by atoms with van der Waals surface area (Å²) in [5, 5.41) is 2.06. The molecule has 76 valence electrons. The van der Waals surface area contributed by atoms with Crippen LogP contribution in [0.4, 0.5) is 4.79 Å². The summed E-state index contributed by atoms with van der Waals surface area (Å²) < 4.78 is 0. The van der Waals surface area contributed by atoms with Gasteiger partial charge in [-0.05, 0) is 23.2 Å². The van der Waals surface area contributed by atoms with Gasteiger partial charge in [0.1, 0.15) is 0 Å². The molecule has 0 aromatic carbocycles. The van der Waals surface area contributed by atoms with E-state index in [1.807, 2.05) is 26.0 Å². The molecule has 0 atom stereocenters. The predicted octanol–water partition coefficient (Wildman–Crippen LogP) is 2.31. The van der Waals surface area contributed by atoms with E-state index in [-0.39, 0.29) is 5.41 Å². The Kier molecular flexibility index (Phi) is 3.47. The van der Waals surface area contributed by atoms with Crippen LogP contribution in [0.1, 0.15) is 19.4 Å². The lowest BCUT2D eigenvalue weighted by atomic mass is 9.86. The monoisotopic (exact) mass is 212 g/mol. The summed E-state index contributed by atoms with van der Waals surface area (Å²) in [5.74, 6) is 0. The molecule has 14 heavy (non-hydrogen) atoms. The highest BCUT2D eigenvalue weighted by atomic mass is 35.5. The Hall–Kier alpha value is -1.09. The number of hydrogen-bond acceptors (Lipinski definition) is 2. The number of carbonyl (C=O) groups is 1. The van der Waals surface area contributed by atoms with Crippen molar-refractivity contribution >= 4 is 17.0 Å². The molecular weight excluding hydrogens is 200 g/mol. The van der Waals surface area contributed by atoms with Gasteiger partial charge in [0.15, 0.2) is 0 Å². The molecule has 0 fully saturated rings. The van der Waals surface area contributed by atoms with Gasteiger partial charge >= 0.3 is 5.37 Å². The molecule has 1 amide bonds. The van der Waals surface area contributed by atoms with E-state index >= 15 is 0 Å². The fourth-order valence-corrected chi connectivity index (χ4v) is 1.22. The van der Waals surface area contributed by atoms with Crippen molar-refractivity contribution in [2.75, 3.05) is 6.54 Å². The smallest absolute Gasteiger partial charge is 0.313 e. The third kappa shape index (κ3) is 3.00. The number of nitrogens with zero attached hydrogens (tertiary/aromatic N) is 1. The third-order valence-electron chi connectivity index (χ3n) is 2.11. The minimum atomic E-state index is -0.526. The normalized spacial score (nSPS) is 11.1. The van der Waals surface area contributed by atoms with Crippen LogP contribution in [0.25, 0.3) is 0 Å². The largest absolute Gasteiger partial charge is 0.342 e. The van der Waals surface area contributed by atoms with Crippen LogP contribution in [-0.4, -0.2) is 16.9 Å². The van der Waals surface area contributed by atoms with Crippen molar-refractivity contribution in [3.05, 3.63) is 30.1 Å². The number of halogens is 1. The number of rotatable bonds is 3. The fourth-order valence-electron chi connectivity index (χ4n) is 1.16. The van der Waals surface area contributed by atoms with E-state index in [2.05, 4.69) is 10.3 Å². The van der Waals surface area contributed by atoms with E-state index in [1.54, 1.807) is 12.4 Å². The van der Waals surface area contributed by atoms with Crippen molar-refractivity contribution in [3.63, 3.8) is 0 Å². The Morgan fingerprint density at radius 3 is 2.86 bits per heavy atom. The van der Waals surface area contributed by atoms with Crippen molar-refractivity contribution in [1.29, 1.82) is 0 Å². The van der Waals surface area contributed by atoms with Gasteiger partial charge in [-0.1, -0.05) is 19.9 Å². The van der Waals surface area contributed by atoms with Crippen LogP contribution in [0.15, 0.2) is 24.5 Å². The standard InChI is InChI=1S/C10H13ClN2O/c1-10(2,7-13-9(11)14)8-4-3-5-12-6-8/h3-6H,7H2,1-2H3,(H,13,14). The van der Waals surface area contributed by atoms with Crippen LogP contribution in [0, 0.1) is 0 Å². The molecule has 0 aliphatic carbocycles. The molecule has 1 rings (SSSR count). The second-order valence-corrected chi connectivity index (χ2v) is 4.10. The summed E-state index contributed by atoms with van der Waals surface area (Å²) in [6.45, 7) is 4.55. The molecule has 0 unspecified atom stereocenters. The van der Waals surface area contributed by atoms with Crippen LogP contribution in [0.3, 0.4) is 0 Å². The van der Waals surface area contributed by atoms with E-state index in [1.165, 1.54) is 0 Å². The van der Waals surface area contributed by atoms with Gasteiger partial charge in [0.05, 0.1) is 0 Å². The Morgan fingerprint density at radius 2 is 2.36 bits per heavy atom. The van der Waals surface area contributed by atoms with E-state index in [0.29, 0.717) is 6.54 Å². The minimum Gasteiger partial charge on any atom is -0.342 e. The van der Waals surface area contributed by atoms with Gasteiger partial charge in [0, 0.05) is 24.4 Å². The van der Waals surface area contributed by atoms with Gasteiger partial charge in [-0.15, -0.1) is 0 Å². The van der Waals surface area contributed by atoms with Crippen LogP contribution in [0.5, 0.6) is 0 Å². The lowest BCUT2D eigenvalue weighted by Crippen LogP contribution is -2.34. The van der Waals surface area contributed by atoms with Gasteiger partial charge in [-0.25, -0.2) is 0 Å². The minimum absolute atomic E-state index is 0.154. The summed E-state index contributed by atoms with van der Waals surface area (Å²) >= 11 is 5.21. The number of nitrogens with one attached hydrogen (secondary N) is 1. The summed E-state index contributed by atoms with van der Waals surface area (Å²) in [5.41, 5.74) is 0.921. The van der Waals surface area contributed by atoms with Crippen molar-refractivity contribution in [1.82, 2.24) is 10.3 Å². The molecule has 3 nitrogen and oxygen atoms in total. The van der Waals surface area contributed by atoms with Gasteiger partial charge in [-0.2, -0.15) is 0 Å². The zero-order valence-electron chi connectivity index (χ0n) is 8.25. The van der Waals surface area contributed by atoms with Gasteiger partial charge < -0.3 is 5.32 Å². The highest BCUT2D eigenvalue weighted by Crippen LogP contribution is 2.20. The summed E-state index contributed by atoms with van der Waals surface area (Å²) in [4.78, 5) is 14.6. The van der Waals surface area contributed by atoms with Gasteiger partial charge in [-0.3, -0.25) is 9.78 Å². The molecule has 1 aromatic rings. The van der Waals surface area contributed by atoms with Crippen LogP contribution < -0.4 is 5.32 Å². The molecule has 1 heterocycles. The molecule has 0 spiro atoms. The van der Waals surface area contributed by atoms with Crippen molar-refractivity contribution < 1.29 is 4.79 Å². The fraction of sp³-hybridized carbons (Fsp3) is 0.400. The molecule has 1 N–H and O–H groups in total. The van der Waals surface area contributed by atoms with E-state index in [9.17, 15) is 4.79 Å². The first-order valence-corrected chi connectivity index (χ1v) is 4.74. The SMILES string of the molecule is CC(C)(CNC(=O)Cl)c1cccnc1. The molecule has 4 heteroatoms. The molecule has 0 radical (unpaired) electrons. The first-order valence-electron chi connectivity index (χ1n) is 4.36. The van der Waals surface area contributed by atoms with Crippen LogP contribution >= 0.6 is 11.6 Å². The second kappa shape index (κ2) is 4.42. The van der Waals surface area contributed by atoms with Crippen molar-refractivity contribution in [2.24, 2.45) is 0 Å². The number of aromatic nitrogens is 1. The van der Waals surface area contributed by atoms with Crippen molar-refractivity contribution in [3.8, 4) is 0 Å². The lowest BCUT2D eigenvalue weighted by molar-refractivity contribution is 0.257. The first-order chi connectivity index (χ1) is 6.52. The highest BCUT2D eigenvalue weighted by molar-refractivity contribution is 6.62. The van der Waals surface area contributed by atoms with E-state index in [4.69, 9.17) is 11.6 Å². The Bertz CT molecular complexity index is 311. The van der Waals surface area contributed by atoms with E-state index < -0.39 is 5.37 Å². The number of pyridine rings is 1. The zero-order valence-corrected chi connectivity index (χ0v) is 9.01. The topological polar surface area (TPSA) is 42.0 Å². The Balaban J connectivity index is 2.70. The average Bonchev–Trinajstić information content (AvgIpc) is 2.16. The Labute approximate surface area is 88.5 Å². The predicted molar refractivity (Wildman–Crippen MR) is 56.5 cm³/mol. The third-order valence-corrected chi connectivity index (χ3v) is 2.25. The first kappa shape index (κ1) is 11.0. The molecule has 0 saturated carbocycles. The quantitative estimate of drug-likeness (QED) is 0.617. The summed E-state index contributed by atoms with van der Waals surface area (Å²) in [6, 6.07) is 3.85. The van der Waals surface area contributed by atoms with Gasteiger partial charge in [0.2, 0.25) is 0 Å². The molecule has 0 aliphatic rings. The Morgan fingerprint density at radius 1 is 1.64 bits per heavy atom. The van der Waals surface area contributed by atoms with Gasteiger partial charge in [0.25, 0.3) is 0 Å². The second-order valence-electron chi connectivity index (χ2n) is 3.75. The number of carbonyl (C=O) groups excluding carboxylic acids is 1. The molecule has 1 aromatic heterocycles. The maximum Gasteiger partial charge on any atom is 0.313 e. The maximum absolute atomic E-state index is 10.6. The summed E-state index contributed by atoms with van der Waals surface area (Å²) in [7, 11) is 0. The number of amides is 1. The van der Waals surface area contributed by atoms with Crippen LogP contribution in [0.2, 0.25) is 0 Å². The average molecular weight is 213 g/mol. The lowest BCUT2D eigenvalue weighted by Gasteiger charge is -2.24.